The fraction of sp³-hybridized carbons (Fsp3) is 0.643. The number of hydrogen-bond donors (Lipinski definition) is 0. The van der Waals surface area contributed by atoms with Crippen LogP contribution in [0.25, 0.3) is 0 Å². The van der Waals surface area contributed by atoms with E-state index in [2.05, 4.69) is 39.6 Å². The van der Waals surface area contributed by atoms with Crippen LogP contribution in [0.15, 0.2) is 10.6 Å². The van der Waals surface area contributed by atoms with Gasteiger partial charge in [0.15, 0.2) is 5.76 Å². The van der Waals surface area contributed by atoms with E-state index in [1.54, 1.807) is 0 Å². The minimum Gasteiger partial charge on any atom is -0.359 e. The van der Waals surface area contributed by atoms with Gasteiger partial charge in [0.25, 0.3) is 0 Å². The molecule has 1 fully saturated rings. The van der Waals surface area contributed by atoms with E-state index >= 15 is 0 Å². The van der Waals surface area contributed by atoms with Gasteiger partial charge in [-0.15, -0.1) is 5.10 Å². The summed E-state index contributed by atoms with van der Waals surface area (Å²) >= 11 is 1.52. The standard InChI is InChI=1S/C14H20N4OS/c1-9(2)14-13(20-17-15-14)8-18-6-4-5-11(18)12-7-10(3)16-19-12/h7,9,11H,4-6,8H2,1-3H3/t11-/m1/s1. The van der Waals surface area contributed by atoms with E-state index in [0.29, 0.717) is 12.0 Å². The van der Waals surface area contributed by atoms with E-state index in [-0.39, 0.29) is 0 Å². The molecule has 0 saturated carbocycles. The number of likely N-dealkylation sites (tertiary alicyclic amines) is 1. The van der Waals surface area contributed by atoms with Crippen LogP contribution in [0, 0.1) is 6.92 Å². The molecule has 3 heterocycles. The lowest BCUT2D eigenvalue weighted by Gasteiger charge is -2.21. The van der Waals surface area contributed by atoms with Crippen LogP contribution in [0.2, 0.25) is 0 Å². The van der Waals surface area contributed by atoms with Crippen LogP contribution in [0.4, 0.5) is 0 Å². The van der Waals surface area contributed by atoms with Crippen molar-refractivity contribution in [2.45, 2.75) is 52.1 Å². The molecule has 6 heteroatoms. The maximum atomic E-state index is 5.46. The molecule has 3 rings (SSSR count). The Morgan fingerprint density at radius 1 is 1.50 bits per heavy atom. The molecule has 108 valence electrons. The zero-order valence-corrected chi connectivity index (χ0v) is 13.0. The number of aryl methyl sites for hydroxylation is 1. The first-order valence-corrected chi connectivity index (χ1v) is 7.91. The lowest BCUT2D eigenvalue weighted by atomic mass is 10.1. The second-order valence-corrected chi connectivity index (χ2v) is 6.57. The summed E-state index contributed by atoms with van der Waals surface area (Å²) in [6, 6.07) is 2.40. The molecule has 2 aromatic rings. The van der Waals surface area contributed by atoms with Crippen molar-refractivity contribution in [3.05, 3.63) is 28.1 Å². The summed E-state index contributed by atoms with van der Waals surface area (Å²) in [6.07, 6.45) is 2.34. The fourth-order valence-corrected chi connectivity index (χ4v) is 3.65. The van der Waals surface area contributed by atoms with E-state index in [1.807, 2.05) is 6.92 Å². The normalized spacial score (nSPS) is 20.1. The fourth-order valence-electron chi connectivity index (χ4n) is 2.83. The monoisotopic (exact) mass is 292 g/mol. The molecule has 1 aliphatic rings. The molecule has 0 spiro atoms. The van der Waals surface area contributed by atoms with Crippen molar-refractivity contribution in [1.29, 1.82) is 0 Å². The SMILES string of the molecule is Cc1cc([C@H]2CCCN2Cc2snnc2C(C)C)on1. The van der Waals surface area contributed by atoms with Gasteiger partial charge in [0.2, 0.25) is 0 Å². The van der Waals surface area contributed by atoms with Gasteiger partial charge in [-0.1, -0.05) is 23.5 Å². The highest BCUT2D eigenvalue weighted by molar-refractivity contribution is 7.05. The van der Waals surface area contributed by atoms with Crippen LogP contribution in [0.5, 0.6) is 0 Å². The summed E-state index contributed by atoms with van der Waals surface area (Å²) in [7, 11) is 0. The molecule has 2 aromatic heterocycles. The first kappa shape index (κ1) is 13.7. The highest BCUT2D eigenvalue weighted by atomic mass is 32.1. The predicted octanol–water partition coefficient (Wildman–Crippen LogP) is 3.30. The predicted molar refractivity (Wildman–Crippen MR) is 77.6 cm³/mol. The van der Waals surface area contributed by atoms with Gasteiger partial charge < -0.3 is 4.52 Å². The van der Waals surface area contributed by atoms with Crippen LogP contribution in [-0.2, 0) is 6.54 Å². The molecule has 1 saturated heterocycles. The van der Waals surface area contributed by atoms with Crippen molar-refractivity contribution in [2.24, 2.45) is 0 Å². The van der Waals surface area contributed by atoms with Gasteiger partial charge in [-0.25, -0.2) is 0 Å². The molecular formula is C14H20N4OS. The third-order valence-corrected chi connectivity index (χ3v) is 4.54. The van der Waals surface area contributed by atoms with E-state index in [1.165, 1.54) is 22.8 Å². The van der Waals surface area contributed by atoms with Crippen molar-refractivity contribution in [3.63, 3.8) is 0 Å². The zero-order chi connectivity index (χ0) is 14.1. The number of rotatable bonds is 4. The van der Waals surface area contributed by atoms with Crippen LogP contribution in [0.1, 0.15) is 60.7 Å². The Labute approximate surface area is 123 Å². The summed E-state index contributed by atoms with van der Waals surface area (Å²) in [6.45, 7) is 8.31. The van der Waals surface area contributed by atoms with Crippen molar-refractivity contribution in [1.82, 2.24) is 19.6 Å². The molecule has 20 heavy (non-hydrogen) atoms. The quantitative estimate of drug-likeness (QED) is 0.865. The van der Waals surface area contributed by atoms with Crippen molar-refractivity contribution >= 4 is 11.5 Å². The molecule has 0 N–H and O–H groups in total. The summed E-state index contributed by atoms with van der Waals surface area (Å²) in [5, 5.41) is 8.28. The largest absolute Gasteiger partial charge is 0.359 e. The van der Waals surface area contributed by atoms with Gasteiger partial charge in [-0.05, 0) is 43.8 Å². The van der Waals surface area contributed by atoms with E-state index in [4.69, 9.17) is 4.52 Å². The molecule has 0 aromatic carbocycles. The molecule has 0 aliphatic carbocycles. The number of aromatic nitrogens is 3. The minimum absolute atomic E-state index is 0.346. The van der Waals surface area contributed by atoms with Crippen LogP contribution >= 0.6 is 11.5 Å². The number of hydrogen-bond acceptors (Lipinski definition) is 6. The topological polar surface area (TPSA) is 55.1 Å². The Kier molecular flexibility index (Phi) is 3.85. The Balaban J connectivity index is 1.77. The Morgan fingerprint density at radius 2 is 2.35 bits per heavy atom. The highest BCUT2D eigenvalue weighted by Gasteiger charge is 2.30. The average Bonchev–Trinajstić information content (AvgIpc) is 3.09. The van der Waals surface area contributed by atoms with Crippen LogP contribution in [0.3, 0.4) is 0 Å². The average molecular weight is 292 g/mol. The molecule has 1 atom stereocenters. The smallest absolute Gasteiger partial charge is 0.154 e. The summed E-state index contributed by atoms with van der Waals surface area (Å²) in [4.78, 5) is 3.74. The molecule has 0 radical (unpaired) electrons. The van der Waals surface area contributed by atoms with E-state index in [9.17, 15) is 0 Å². The summed E-state index contributed by atoms with van der Waals surface area (Å²) < 4.78 is 9.57. The van der Waals surface area contributed by atoms with Crippen LogP contribution < -0.4 is 0 Å². The van der Waals surface area contributed by atoms with E-state index < -0.39 is 0 Å². The Hall–Kier alpha value is -1.27. The van der Waals surface area contributed by atoms with Crippen molar-refractivity contribution in [3.8, 4) is 0 Å². The maximum absolute atomic E-state index is 5.46. The van der Waals surface area contributed by atoms with Gasteiger partial charge in [0, 0.05) is 12.6 Å². The summed E-state index contributed by atoms with van der Waals surface area (Å²) in [5.74, 6) is 1.42. The summed E-state index contributed by atoms with van der Waals surface area (Å²) in [5.41, 5.74) is 2.09. The molecule has 5 nitrogen and oxygen atoms in total. The first-order valence-electron chi connectivity index (χ1n) is 7.13. The number of nitrogens with zero attached hydrogens (tertiary/aromatic N) is 4. The molecule has 0 bridgehead atoms. The highest BCUT2D eigenvalue weighted by Crippen LogP contribution is 2.34. The van der Waals surface area contributed by atoms with Gasteiger partial charge in [-0.2, -0.15) is 0 Å². The van der Waals surface area contributed by atoms with Crippen molar-refractivity contribution < 1.29 is 4.52 Å². The van der Waals surface area contributed by atoms with Crippen molar-refractivity contribution in [2.75, 3.05) is 6.54 Å². The lowest BCUT2D eigenvalue weighted by Crippen LogP contribution is -2.22. The van der Waals surface area contributed by atoms with Gasteiger partial charge in [0.1, 0.15) is 0 Å². The Bertz CT molecular complexity index is 577. The maximum Gasteiger partial charge on any atom is 0.154 e. The van der Waals surface area contributed by atoms with E-state index in [0.717, 1.165) is 36.7 Å². The third-order valence-electron chi connectivity index (χ3n) is 3.82. The molecule has 0 unspecified atom stereocenters. The first-order chi connectivity index (χ1) is 9.65. The minimum atomic E-state index is 0.346. The van der Waals surface area contributed by atoms with Gasteiger partial charge in [-0.3, -0.25) is 4.90 Å². The zero-order valence-electron chi connectivity index (χ0n) is 12.2. The third kappa shape index (κ3) is 2.62. The van der Waals surface area contributed by atoms with Gasteiger partial charge >= 0.3 is 0 Å². The molecule has 0 amide bonds. The van der Waals surface area contributed by atoms with Gasteiger partial charge in [0.05, 0.1) is 22.3 Å². The lowest BCUT2D eigenvalue weighted by molar-refractivity contribution is 0.207. The molecular weight excluding hydrogens is 272 g/mol. The molecule has 1 aliphatic heterocycles. The second-order valence-electron chi connectivity index (χ2n) is 5.74. The van der Waals surface area contributed by atoms with Crippen LogP contribution in [-0.4, -0.2) is 26.2 Å². The Morgan fingerprint density at radius 3 is 3.05 bits per heavy atom. The second kappa shape index (κ2) is 5.61.